The number of phenols is 2. The Bertz CT molecular complexity index is 685. The number of halogens is 1. The first-order chi connectivity index (χ1) is 10.2. The van der Waals surface area contributed by atoms with Crippen molar-refractivity contribution in [1.82, 2.24) is 5.16 Å². The number of benzene rings is 2. The molecule has 0 bridgehead atoms. The number of aromatic hydroxyl groups is 2. The van der Waals surface area contributed by atoms with Gasteiger partial charge >= 0.3 is 0 Å². The van der Waals surface area contributed by atoms with Crippen molar-refractivity contribution in [1.29, 1.82) is 0 Å². The first-order valence-corrected chi connectivity index (χ1v) is 7.44. The van der Waals surface area contributed by atoms with Gasteiger partial charge in [-0.2, -0.15) is 0 Å². The van der Waals surface area contributed by atoms with Gasteiger partial charge in [0, 0.05) is 22.0 Å². The Kier molecular flexibility index (Phi) is 3.66. The lowest BCUT2D eigenvalue weighted by Gasteiger charge is -2.02. The minimum atomic E-state index is 0.206. The summed E-state index contributed by atoms with van der Waals surface area (Å²) in [7, 11) is 0. The predicted octanol–water partition coefficient (Wildman–Crippen LogP) is 4.31. The van der Waals surface area contributed by atoms with Crippen LogP contribution in [0.15, 0.2) is 53.1 Å². The van der Waals surface area contributed by atoms with Gasteiger partial charge in [-0.3, -0.25) is 0 Å². The zero-order valence-corrected chi connectivity index (χ0v) is 12.5. The molecule has 0 saturated heterocycles. The molecule has 2 aromatic carbocycles. The van der Waals surface area contributed by atoms with Crippen molar-refractivity contribution in [2.45, 2.75) is 5.33 Å². The normalized spacial score (nSPS) is 10.7. The lowest BCUT2D eigenvalue weighted by atomic mass is 10.0. The molecule has 0 atom stereocenters. The Labute approximate surface area is 129 Å². The second-order valence-electron chi connectivity index (χ2n) is 4.57. The maximum absolute atomic E-state index is 9.36. The fraction of sp³-hybridized carbons (Fsp3) is 0.0625. The number of nitrogens with zero attached hydrogens (tertiary/aromatic N) is 1. The molecule has 3 rings (SSSR count). The second-order valence-corrected chi connectivity index (χ2v) is 5.13. The zero-order valence-electron chi connectivity index (χ0n) is 11.0. The number of hydrogen-bond donors (Lipinski definition) is 2. The van der Waals surface area contributed by atoms with E-state index in [4.69, 9.17) is 4.52 Å². The minimum Gasteiger partial charge on any atom is -0.508 e. The molecule has 0 unspecified atom stereocenters. The Morgan fingerprint density at radius 3 is 1.90 bits per heavy atom. The van der Waals surface area contributed by atoms with Crippen LogP contribution in [0.2, 0.25) is 0 Å². The van der Waals surface area contributed by atoms with E-state index in [1.54, 1.807) is 48.5 Å². The molecule has 4 nitrogen and oxygen atoms in total. The van der Waals surface area contributed by atoms with Crippen LogP contribution in [0, 0.1) is 0 Å². The smallest absolute Gasteiger partial charge is 0.171 e. The third-order valence-corrected chi connectivity index (χ3v) is 3.75. The summed E-state index contributed by atoms with van der Waals surface area (Å²) in [5.41, 5.74) is 3.37. The molecule has 0 amide bonds. The molecule has 0 radical (unpaired) electrons. The summed E-state index contributed by atoms with van der Waals surface area (Å²) in [5.74, 6) is 1.08. The van der Waals surface area contributed by atoms with Gasteiger partial charge in [-0.15, -0.1) is 0 Å². The molecule has 0 fully saturated rings. The van der Waals surface area contributed by atoms with Crippen molar-refractivity contribution in [2.24, 2.45) is 0 Å². The predicted molar refractivity (Wildman–Crippen MR) is 83.3 cm³/mol. The Balaban J connectivity index is 2.08. The van der Waals surface area contributed by atoms with Gasteiger partial charge in [0.2, 0.25) is 0 Å². The molecule has 0 aliphatic heterocycles. The molecule has 106 valence electrons. The Morgan fingerprint density at radius 1 is 0.857 bits per heavy atom. The van der Waals surface area contributed by atoms with Crippen LogP contribution < -0.4 is 0 Å². The third-order valence-electron chi connectivity index (χ3n) is 3.19. The summed E-state index contributed by atoms with van der Waals surface area (Å²) in [6, 6.07) is 13.6. The summed E-state index contributed by atoms with van der Waals surface area (Å²) in [5, 5.41) is 23.4. The summed E-state index contributed by atoms with van der Waals surface area (Å²) in [6.07, 6.45) is 0. The highest BCUT2D eigenvalue weighted by Gasteiger charge is 2.18. The summed E-state index contributed by atoms with van der Waals surface area (Å²) in [4.78, 5) is 0. The van der Waals surface area contributed by atoms with Gasteiger partial charge in [0.05, 0.1) is 0 Å². The molecule has 0 aliphatic carbocycles. The van der Waals surface area contributed by atoms with Gasteiger partial charge in [0.1, 0.15) is 17.2 Å². The molecule has 1 aromatic heterocycles. The maximum atomic E-state index is 9.36. The van der Waals surface area contributed by atoms with Gasteiger partial charge in [0.15, 0.2) is 5.76 Å². The van der Waals surface area contributed by atoms with Crippen LogP contribution in [0.5, 0.6) is 11.5 Å². The molecule has 0 spiro atoms. The lowest BCUT2D eigenvalue weighted by molar-refractivity contribution is 0.434. The zero-order chi connectivity index (χ0) is 14.8. The molecule has 2 N–H and O–H groups in total. The van der Waals surface area contributed by atoms with Crippen molar-refractivity contribution in [3.63, 3.8) is 0 Å². The van der Waals surface area contributed by atoms with Crippen LogP contribution >= 0.6 is 15.9 Å². The summed E-state index contributed by atoms with van der Waals surface area (Å²) < 4.78 is 5.47. The van der Waals surface area contributed by atoms with E-state index in [9.17, 15) is 10.2 Å². The fourth-order valence-electron chi connectivity index (χ4n) is 2.12. The van der Waals surface area contributed by atoms with E-state index < -0.39 is 0 Å². The van der Waals surface area contributed by atoms with Crippen LogP contribution in [0.3, 0.4) is 0 Å². The molecule has 5 heteroatoms. The standard InChI is InChI=1S/C16H12BrNO3/c17-9-14-15(10-1-5-12(19)6-2-10)18-21-16(14)11-3-7-13(20)8-4-11/h1-8,19-20H,9H2. The largest absolute Gasteiger partial charge is 0.508 e. The number of rotatable bonds is 3. The van der Waals surface area contributed by atoms with E-state index in [0.717, 1.165) is 22.4 Å². The van der Waals surface area contributed by atoms with E-state index >= 15 is 0 Å². The molecular weight excluding hydrogens is 334 g/mol. The molecular formula is C16H12BrNO3. The van der Waals surface area contributed by atoms with Gasteiger partial charge in [0.25, 0.3) is 0 Å². The van der Waals surface area contributed by atoms with Gasteiger partial charge in [-0.25, -0.2) is 0 Å². The van der Waals surface area contributed by atoms with Crippen LogP contribution in [0.25, 0.3) is 22.6 Å². The van der Waals surface area contributed by atoms with Crippen molar-refractivity contribution < 1.29 is 14.7 Å². The number of alkyl halides is 1. The highest BCUT2D eigenvalue weighted by molar-refractivity contribution is 9.08. The van der Waals surface area contributed by atoms with Crippen LogP contribution in [0.1, 0.15) is 5.56 Å². The molecule has 0 aliphatic rings. The topological polar surface area (TPSA) is 66.5 Å². The van der Waals surface area contributed by atoms with Gasteiger partial charge in [-0.1, -0.05) is 21.1 Å². The fourth-order valence-corrected chi connectivity index (χ4v) is 2.64. The highest BCUT2D eigenvalue weighted by Crippen LogP contribution is 2.34. The second kappa shape index (κ2) is 5.61. The minimum absolute atomic E-state index is 0.206. The van der Waals surface area contributed by atoms with E-state index in [-0.39, 0.29) is 11.5 Å². The first-order valence-electron chi connectivity index (χ1n) is 6.32. The molecule has 1 heterocycles. The van der Waals surface area contributed by atoms with Crippen molar-refractivity contribution in [3.8, 4) is 34.1 Å². The van der Waals surface area contributed by atoms with Gasteiger partial charge in [-0.05, 0) is 48.5 Å². The van der Waals surface area contributed by atoms with Crippen LogP contribution in [0.4, 0.5) is 0 Å². The molecule has 3 aromatic rings. The van der Waals surface area contributed by atoms with E-state index in [2.05, 4.69) is 21.1 Å². The Hall–Kier alpha value is -2.27. The highest BCUT2D eigenvalue weighted by atomic mass is 79.9. The summed E-state index contributed by atoms with van der Waals surface area (Å²) >= 11 is 3.46. The van der Waals surface area contributed by atoms with E-state index in [1.165, 1.54) is 0 Å². The number of hydrogen-bond acceptors (Lipinski definition) is 4. The lowest BCUT2D eigenvalue weighted by Crippen LogP contribution is -1.85. The SMILES string of the molecule is Oc1ccc(-c2noc(-c3ccc(O)cc3)c2CBr)cc1. The average Bonchev–Trinajstić information content (AvgIpc) is 2.92. The van der Waals surface area contributed by atoms with Crippen molar-refractivity contribution in [2.75, 3.05) is 0 Å². The van der Waals surface area contributed by atoms with Gasteiger partial charge < -0.3 is 14.7 Å². The molecule has 21 heavy (non-hydrogen) atoms. The quantitative estimate of drug-likeness (QED) is 0.694. The molecule has 0 saturated carbocycles. The Morgan fingerprint density at radius 2 is 1.38 bits per heavy atom. The number of phenolic OH excluding ortho intramolecular Hbond substituents is 2. The van der Waals surface area contributed by atoms with Crippen LogP contribution in [-0.2, 0) is 5.33 Å². The maximum Gasteiger partial charge on any atom is 0.171 e. The van der Waals surface area contributed by atoms with Crippen molar-refractivity contribution >= 4 is 15.9 Å². The van der Waals surface area contributed by atoms with Crippen molar-refractivity contribution in [3.05, 3.63) is 54.1 Å². The number of aromatic nitrogens is 1. The van der Waals surface area contributed by atoms with Crippen LogP contribution in [-0.4, -0.2) is 15.4 Å². The average molecular weight is 346 g/mol. The van der Waals surface area contributed by atoms with E-state index in [0.29, 0.717) is 11.1 Å². The van der Waals surface area contributed by atoms with E-state index in [1.807, 2.05) is 0 Å². The third kappa shape index (κ3) is 2.64. The first kappa shape index (κ1) is 13.7. The summed E-state index contributed by atoms with van der Waals surface area (Å²) in [6.45, 7) is 0. The monoisotopic (exact) mass is 345 g/mol.